The van der Waals surface area contributed by atoms with Crippen LogP contribution in [0.3, 0.4) is 0 Å². The van der Waals surface area contributed by atoms with E-state index in [0.717, 1.165) is 18.2 Å². The third-order valence-corrected chi connectivity index (χ3v) is 7.17. The Morgan fingerprint density at radius 1 is 1.14 bits per heavy atom. The molecule has 0 spiro atoms. The highest BCUT2D eigenvalue weighted by Gasteiger charge is 2.67. The first-order valence-electron chi connectivity index (χ1n) is 5.02. The minimum absolute atomic E-state index is 0.663. The van der Waals surface area contributed by atoms with Gasteiger partial charge in [-0.15, -0.1) is 8.78 Å². The van der Waals surface area contributed by atoms with Crippen LogP contribution in [-0.2, 0) is 19.7 Å². The second kappa shape index (κ2) is 4.29. The number of para-hydroxylation sites is 1. The summed E-state index contributed by atoms with van der Waals surface area (Å²) in [6, 6.07) is 3.48. The third kappa shape index (κ3) is 2.16. The van der Waals surface area contributed by atoms with Crippen molar-refractivity contribution >= 4 is 19.7 Å². The van der Waals surface area contributed by atoms with E-state index in [4.69, 9.17) is 0 Å². The van der Waals surface area contributed by atoms with Crippen LogP contribution >= 0.6 is 0 Å². The first-order valence-corrected chi connectivity index (χ1v) is 8.11. The predicted octanol–water partition coefficient (Wildman–Crippen LogP) is 1.98. The maximum absolute atomic E-state index is 13.4. The van der Waals surface area contributed by atoms with Gasteiger partial charge >= 0.3 is 10.9 Å². The van der Waals surface area contributed by atoms with Crippen molar-refractivity contribution < 1.29 is 43.5 Å². The van der Waals surface area contributed by atoms with E-state index in [1.54, 1.807) is 0 Å². The highest BCUT2D eigenvalue weighted by molar-refractivity contribution is 8.09. The molecule has 0 fully saturated rings. The van der Waals surface area contributed by atoms with Crippen LogP contribution in [0.5, 0.6) is 5.75 Å². The molecule has 1 unspecified atom stereocenters. The Hall–Kier alpha value is -1.43. The summed E-state index contributed by atoms with van der Waals surface area (Å²) in [4.78, 5) is 0. The summed E-state index contributed by atoms with van der Waals surface area (Å²) >= 11 is 0. The lowest BCUT2D eigenvalue weighted by atomic mass is 10.2. The number of ether oxygens (including phenoxy) is 1. The van der Waals surface area contributed by atoms with Gasteiger partial charge in [0.15, 0.2) is 0 Å². The van der Waals surface area contributed by atoms with E-state index in [2.05, 4.69) is 4.74 Å². The molecule has 0 aliphatic carbocycles. The molecule has 5 nitrogen and oxygen atoms in total. The van der Waals surface area contributed by atoms with E-state index >= 15 is 0 Å². The number of halogens is 5. The average Bonchev–Trinajstić information content (AvgIpc) is 2.27. The number of rotatable bonds is 1. The lowest BCUT2D eigenvalue weighted by Crippen LogP contribution is -2.47. The number of hydrogen-bond donors (Lipinski definition) is 0. The standard InChI is InChI=1S/C9H5F5O5S2/c10-8(11,12)20(15,16)7-5-3-1-2-4-6(5)19-9(13,14)21(7,17)18/h1-4,7H. The quantitative estimate of drug-likeness (QED) is 0.723. The van der Waals surface area contributed by atoms with Gasteiger partial charge in [-0.25, -0.2) is 16.8 Å². The summed E-state index contributed by atoms with van der Waals surface area (Å²) < 4.78 is 111. The van der Waals surface area contributed by atoms with Gasteiger partial charge in [-0.3, -0.25) is 0 Å². The maximum atomic E-state index is 13.4. The molecule has 1 heterocycles. The number of fused-ring (bicyclic) bond motifs is 1. The van der Waals surface area contributed by atoms with Crippen LogP contribution in [0.25, 0.3) is 0 Å². The van der Waals surface area contributed by atoms with Gasteiger partial charge in [0.25, 0.3) is 19.7 Å². The van der Waals surface area contributed by atoms with Crippen LogP contribution in [0.15, 0.2) is 24.3 Å². The van der Waals surface area contributed by atoms with Crippen LogP contribution in [0, 0.1) is 0 Å². The molecule has 1 aromatic rings. The third-order valence-electron chi connectivity index (χ3n) is 2.62. The van der Waals surface area contributed by atoms with Gasteiger partial charge in [-0.05, 0) is 6.07 Å². The number of hydrogen-bond acceptors (Lipinski definition) is 5. The molecule has 0 aromatic heterocycles. The van der Waals surface area contributed by atoms with Crippen molar-refractivity contribution in [3.8, 4) is 5.75 Å². The van der Waals surface area contributed by atoms with E-state index in [1.165, 1.54) is 0 Å². The van der Waals surface area contributed by atoms with Gasteiger partial charge in [0, 0.05) is 5.56 Å². The first-order chi connectivity index (χ1) is 9.32. The summed E-state index contributed by atoms with van der Waals surface area (Å²) in [6.45, 7) is 0. The number of benzene rings is 1. The van der Waals surface area contributed by atoms with E-state index in [0.29, 0.717) is 6.07 Å². The zero-order chi connectivity index (χ0) is 16.3. The molecule has 1 aliphatic heterocycles. The summed E-state index contributed by atoms with van der Waals surface area (Å²) in [5.74, 6) is -0.949. The van der Waals surface area contributed by atoms with Crippen molar-refractivity contribution in [2.24, 2.45) is 0 Å². The summed E-state index contributed by atoms with van der Waals surface area (Å²) in [6.07, 6.45) is 0. The zero-order valence-electron chi connectivity index (χ0n) is 9.63. The van der Waals surface area contributed by atoms with Crippen molar-refractivity contribution in [3.63, 3.8) is 0 Å². The summed E-state index contributed by atoms with van der Waals surface area (Å²) in [5.41, 5.74) is -12.1. The molecule has 2 rings (SSSR count). The van der Waals surface area contributed by atoms with E-state index in [9.17, 15) is 38.8 Å². The molecule has 1 aromatic carbocycles. The molecule has 0 saturated heterocycles. The monoisotopic (exact) mass is 352 g/mol. The van der Waals surface area contributed by atoms with Gasteiger partial charge in [0.1, 0.15) is 5.75 Å². The molecule has 118 valence electrons. The van der Waals surface area contributed by atoms with Crippen molar-refractivity contribution in [1.29, 1.82) is 0 Å². The van der Waals surface area contributed by atoms with Crippen LogP contribution in [0.1, 0.15) is 10.1 Å². The normalized spacial score (nSPS) is 24.0. The first kappa shape index (κ1) is 15.9. The summed E-state index contributed by atoms with van der Waals surface area (Å²) in [5, 5.41) is 0. The molecule has 0 radical (unpaired) electrons. The molecular formula is C9H5F5O5S2. The zero-order valence-corrected chi connectivity index (χ0v) is 11.3. The molecule has 0 amide bonds. The van der Waals surface area contributed by atoms with Crippen molar-refractivity contribution in [1.82, 2.24) is 0 Å². The van der Waals surface area contributed by atoms with E-state index in [1.807, 2.05) is 0 Å². The fraction of sp³-hybridized carbons (Fsp3) is 0.333. The van der Waals surface area contributed by atoms with Gasteiger partial charge in [0.05, 0.1) is 0 Å². The second-order valence-corrected chi connectivity index (χ2v) is 8.33. The highest BCUT2D eigenvalue weighted by atomic mass is 32.3. The Bertz CT molecular complexity index is 781. The minimum Gasteiger partial charge on any atom is -0.420 e. The van der Waals surface area contributed by atoms with Crippen LogP contribution < -0.4 is 4.74 Å². The molecule has 12 heteroatoms. The minimum atomic E-state index is -6.44. The largest absolute Gasteiger partial charge is 0.510 e. The molecule has 21 heavy (non-hydrogen) atoms. The average molecular weight is 352 g/mol. The Balaban J connectivity index is 2.85. The fourth-order valence-electron chi connectivity index (χ4n) is 1.70. The van der Waals surface area contributed by atoms with Crippen molar-refractivity contribution in [2.45, 2.75) is 15.5 Å². The molecule has 0 bridgehead atoms. The second-order valence-electron chi connectivity index (χ2n) is 3.97. The Morgan fingerprint density at radius 3 is 2.19 bits per heavy atom. The van der Waals surface area contributed by atoms with Gasteiger partial charge in [0.2, 0.25) is 4.58 Å². The maximum Gasteiger partial charge on any atom is 0.510 e. The number of sulfone groups is 2. The Kier molecular flexibility index (Phi) is 3.26. The van der Waals surface area contributed by atoms with Crippen LogP contribution in [0.2, 0.25) is 0 Å². The molecule has 0 saturated carbocycles. The lowest BCUT2D eigenvalue weighted by Gasteiger charge is -2.30. The smallest absolute Gasteiger partial charge is 0.420 e. The number of alkyl halides is 5. The SMILES string of the molecule is O=S(=O)(C1c2ccccc2OC(F)(F)S1(=O)=O)C(F)(F)F. The Labute approximate surface area is 115 Å². The molecular weight excluding hydrogens is 347 g/mol. The molecule has 1 aliphatic rings. The Morgan fingerprint density at radius 2 is 1.67 bits per heavy atom. The van der Waals surface area contributed by atoms with Crippen LogP contribution in [0.4, 0.5) is 22.0 Å². The van der Waals surface area contributed by atoms with E-state index in [-0.39, 0.29) is 0 Å². The van der Waals surface area contributed by atoms with Gasteiger partial charge in [-0.1, -0.05) is 18.2 Å². The summed E-state index contributed by atoms with van der Waals surface area (Å²) in [7, 11) is -12.6. The highest BCUT2D eigenvalue weighted by Crippen LogP contribution is 2.50. The lowest BCUT2D eigenvalue weighted by molar-refractivity contribution is -0.101. The van der Waals surface area contributed by atoms with Crippen molar-refractivity contribution in [3.05, 3.63) is 29.8 Å². The van der Waals surface area contributed by atoms with Crippen LogP contribution in [-0.4, -0.2) is 27.8 Å². The topological polar surface area (TPSA) is 77.5 Å². The van der Waals surface area contributed by atoms with Gasteiger partial charge in [-0.2, -0.15) is 13.2 Å². The fourth-order valence-corrected chi connectivity index (χ4v) is 5.45. The molecule has 1 atom stereocenters. The van der Waals surface area contributed by atoms with E-state index < -0.39 is 46.5 Å². The van der Waals surface area contributed by atoms with Crippen molar-refractivity contribution in [2.75, 3.05) is 0 Å². The predicted molar refractivity (Wildman–Crippen MR) is 58.7 cm³/mol. The van der Waals surface area contributed by atoms with Gasteiger partial charge < -0.3 is 4.74 Å². The molecule has 0 N–H and O–H groups in total.